The largest absolute Gasteiger partial charge is 0.465 e. The van der Waals surface area contributed by atoms with Gasteiger partial charge in [-0.1, -0.05) is 30.0 Å². The van der Waals surface area contributed by atoms with Gasteiger partial charge in [-0.25, -0.2) is 4.79 Å². The number of nitrogens with zero attached hydrogens (tertiary/aromatic N) is 2. The summed E-state index contributed by atoms with van der Waals surface area (Å²) in [7, 11) is 1.48. The third-order valence-corrected chi connectivity index (χ3v) is 5.61. The fraction of sp³-hybridized carbons (Fsp3) is 0.316. The van der Waals surface area contributed by atoms with Crippen molar-refractivity contribution in [3.05, 3.63) is 53.6 Å². The molecule has 1 N–H and O–H groups in total. The summed E-state index contributed by atoms with van der Waals surface area (Å²) in [5, 5.41) is 8.96. The van der Waals surface area contributed by atoms with E-state index in [1.165, 1.54) is 35.8 Å². The minimum absolute atomic E-state index is 0.314. The van der Waals surface area contributed by atoms with Crippen LogP contribution >= 0.6 is 11.8 Å². The van der Waals surface area contributed by atoms with Gasteiger partial charge in [0, 0.05) is 36.5 Å². The summed E-state index contributed by atoms with van der Waals surface area (Å²) in [4.78, 5) is 15.8. The third-order valence-electron chi connectivity index (χ3n) is 4.43. The van der Waals surface area contributed by atoms with E-state index in [9.17, 15) is 18.0 Å². The topological polar surface area (TPSA) is 43.8 Å². The van der Waals surface area contributed by atoms with Crippen molar-refractivity contribution >= 4 is 23.5 Å². The minimum Gasteiger partial charge on any atom is -0.465 e. The average molecular weight is 396 g/mol. The summed E-state index contributed by atoms with van der Waals surface area (Å²) in [6.45, 7) is 1.25. The third kappa shape index (κ3) is 4.50. The number of hydrogen-bond donors (Lipinski definition) is 1. The monoisotopic (exact) mass is 396 g/mol. The number of rotatable bonds is 4. The molecule has 0 saturated carbocycles. The molecule has 8 heteroatoms. The summed E-state index contributed by atoms with van der Waals surface area (Å²) in [5.74, 6) is 0. The van der Waals surface area contributed by atoms with Gasteiger partial charge < -0.3 is 14.9 Å². The Morgan fingerprint density at radius 3 is 2.67 bits per heavy atom. The smallest absolute Gasteiger partial charge is 0.416 e. The van der Waals surface area contributed by atoms with Crippen molar-refractivity contribution in [3.63, 3.8) is 0 Å². The summed E-state index contributed by atoms with van der Waals surface area (Å²) < 4.78 is 39.6. The van der Waals surface area contributed by atoms with Gasteiger partial charge in [-0.15, -0.1) is 0 Å². The molecule has 2 aromatic rings. The first-order chi connectivity index (χ1) is 12.8. The van der Waals surface area contributed by atoms with Crippen LogP contribution in [0.1, 0.15) is 17.5 Å². The Balaban J connectivity index is 1.92. The van der Waals surface area contributed by atoms with Crippen LogP contribution in [0.3, 0.4) is 0 Å². The lowest BCUT2D eigenvalue weighted by molar-refractivity contribution is -0.137. The summed E-state index contributed by atoms with van der Waals surface area (Å²) in [6, 6.07) is 11.6. The zero-order chi connectivity index (χ0) is 19.6. The molecule has 1 aliphatic heterocycles. The van der Waals surface area contributed by atoms with Gasteiger partial charge in [-0.3, -0.25) is 0 Å². The Bertz CT molecular complexity index is 842. The van der Waals surface area contributed by atoms with Crippen molar-refractivity contribution in [2.45, 2.75) is 28.9 Å². The van der Waals surface area contributed by atoms with E-state index >= 15 is 0 Å². The number of carboxylic acid groups (broad SMARTS) is 1. The quantitative estimate of drug-likeness (QED) is 0.774. The average Bonchev–Trinajstić information content (AvgIpc) is 2.76. The first kappa shape index (κ1) is 19.4. The van der Waals surface area contributed by atoms with E-state index in [1.54, 1.807) is 0 Å². The van der Waals surface area contributed by atoms with E-state index in [4.69, 9.17) is 5.11 Å². The highest BCUT2D eigenvalue weighted by Gasteiger charge is 2.32. The molecule has 0 fully saturated rings. The SMILES string of the molecule is CN(CCCN1Cc2ccccc2Sc2ccc(C(F)(F)F)cc21)C(=O)O. The van der Waals surface area contributed by atoms with Gasteiger partial charge in [0.2, 0.25) is 0 Å². The molecule has 0 bridgehead atoms. The molecule has 1 heterocycles. The van der Waals surface area contributed by atoms with Crippen molar-refractivity contribution in [1.29, 1.82) is 0 Å². The van der Waals surface area contributed by atoms with Crippen molar-refractivity contribution < 1.29 is 23.1 Å². The van der Waals surface area contributed by atoms with Crippen LogP contribution in [-0.2, 0) is 12.7 Å². The molecule has 3 rings (SSSR count). The molecule has 4 nitrogen and oxygen atoms in total. The Kier molecular flexibility index (Phi) is 5.55. The van der Waals surface area contributed by atoms with Gasteiger partial charge in [0.15, 0.2) is 0 Å². The van der Waals surface area contributed by atoms with E-state index in [1.807, 2.05) is 29.2 Å². The molecule has 0 aliphatic carbocycles. The van der Waals surface area contributed by atoms with Crippen LogP contribution < -0.4 is 4.90 Å². The molecule has 2 aromatic carbocycles. The number of anilines is 1. The van der Waals surface area contributed by atoms with Gasteiger partial charge in [0.05, 0.1) is 11.3 Å². The van der Waals surface area contributed by atoms with Crippen molar-refractivity contribution in [2.24, 2.45) is 0 Å². The van der Waals surface area contributed by atoms with Gasteiger partial charge in [-0.2, -0.15) is 13.2 Å². The predicted octanol–water partition coefficient (Wildman–Crippen LogP) is 5.18. The zero-order valence-corrected chi connectivity index (χ0v) is 15.5. The molecule has 0 spiro atoms. The molecule has 0 saturated heterocycles. The van der Waals surface area contributed by atoms with Gasteiger partial charge in [0.25, 0.3) is 0 Å². The second kappa shape index (κ2) is 7.72. The Hall–Kier alpha value is -2.35. The number of fused-ring (bicyclic) bond motifs is 2. The summed E-state index contributed by atoms with van der Waals surface area (Å²) in [5.41, 5.74) is 0.892. The van der Waals surface area contributed by atoms with Crippen LogP contribution in [0.25, 0.3) is 0 Å². The standard InChI is InChI=1S/C19H19F3N2O2S/c1-23(18(25)26)9-4-10-24-12-13-5-2-3-6-16(13)27-17-8-7-14(11-15(17)24)19(20,21)22/h2-3,5-8,11H,4,9-10,12H2,1H3,(H,25,26). The summed E-state index contributed by atoms with van der Waals surface area (Å²) in [6.07, 6.45) is -4.91. The highest BCUT2D eigenvalue weighted by atomic mass is 32.2. The minimum atomic E-state index is -4.41. The molecule has 27 heavy (non-hydrogen) atoms. The second-order valence-corrected chi connectivity index (χ2v) is 7.45. The fourth-order valence-electron chi connectivity index (χ4n) is 2.96. The number of carbonyl (C=O) groups is 1. The molecule has 1 amide bonds. The van der Waals surface area contributed by atoms with Crippen LogP contribution in [0.2, 0.25) is 0 Å². The maximum absolute atomic E-state index is 13.2. The number of benzene rings is 2. The molecule has 0 unspecified atom stereocenters. The second-order valence-electron chi connectivity index (χ2n) is 6.37. The van der Waals surface area contributed by atoms with Gasteiger partial charge in [0.1, 0.15) is 0 Å². The van der Waals surface area contributed by atoms with Crippen LogP contribution in [0, 0.1) is 0 Å². The van der Waals surface area contributed by atoms with Crippen LogP contribution in [0.15, 0.2) is 52.3 Å². The van der Waals surface area contributed by atoms with E-state index in [2.05, 4.69) is 0 Å². The van der Waals surface area contributed by atoms with Crippen molar-refractivity contribution in [3.8, 4) is 0 Å². The number of hydrogen-bond acceptors (Lipinski definition) is 3. The molecular weight excluding hydrogens is 377 g/mol. The Labute approximate surface area is 159 Å². The highest BCUT2D eigenvalue weighted by molar-refractivity contribution is 7.99. The Morgan fingerprint density at radius 1 is 1.22 bits per heavy atom. The van der Waals surface area contributed by atoms with Crippen molar-refractivity contribution in [2.75, 3.05) is 25.0 Å². The predicted molar refractivity (Wildman–Crippen MR) is 98.3 cm³/mol. The van der Waals surface area contributed by atoms with Crippen LogP contribution in [0.4, 0.5) is 23.7 Å². The lowest BCUT2D eigenvalue weighted by atomic mass is 10.1. The van der Waals surface area contributed by atoms with Gasteiger partial charge >= 0.3 is 12.3 Å². The van der Waals surface area contributed by atoms with E-state index in [-0.39, 0.29) is 0 Å². The maximum atomic E-state index is 13.2. The molecule has 1 aliphatic rings. The number of amides is 1. The van der Waals surface area contributed by atoms with Crippen LogP contribution in [-0.4, -0.2) is 36.2 Å². The van der Waals surface area contributed by atoms with Crippen molar-refractivity contribution in [1.82, 2.24) is 4.90 Å². The molecular formula is C19H19F3N2O2S. The number of halogens is 3. The lowest BCUT2D eigenvalue weighted by Crippen LogP contribution is -2.30. The first-order valence-electron chi connectivity index (χ1n) is 8.41. The fourth-order valence-corrected chi connectivity index (χ4v) is 4.04. The van der Waals surface area contributed by atoms with Crippen LogP contribution in [0.5, 0.6) is 0 Å². The van der Waals surface area contributed by atoms with E-state index < -0.39 is 17.8 Å². The highest BCUT2D eigenvalue weighted by Crippen LogP contribution is 2.43. The Morgan fingerprint density at radius 2 is 1.96 bits per heavy atom. The first-order valence-corrected chi connectivity index (χ1v) is 9.23. The van der Waals surface area contributed by atoms with E-state index in [0.29, 0.717) is 31.7 Å². The molecule has 0 radical (unpaired) electrons. The zero-order valence-electron chi connectivity index (χ0n) is 14.7. The maximum Gasteiger partial charge on any atom is 0.416 e. The van der Waals surface area contributed by atoms with Gasteiger partial charge in [-0.05, 0) is 36.2 Å². The number of alkyl halides is 3. The molecule has 144 valence electrons. The molecule has 0 atom stereocenters. The molecule has 0 aromatic heterocycles. The van der Waals surface area contributed by atoms with E-state index in [0.717, 1.165) is 21.4 Å². The summed E-state index contributed by atoms with van der Waals surface area (Å²) >= 11 is 1.46. The normalized spacial score (nSPS) is 13.6. The lowest BCUT2D eigenvalue weighted by Gasteiger charge is -2.26.